The Kier molecular flexibility index (Phi) is 7.76. The lowest BCUT2D eigenvalue weighted by atomic mass is 9.91. The zero-order valence-corrected chi connectivity index (χ0v) is 15.5. The number of hydrogen-bond acceptors (Lipinski definition) is 5. The fourth-order valence-electron chi connectivity index (χ4n) is 2.63. The van der Waals surface area contributed by atoms with Crippen molar-refractivity contribution in [2.24, 2.45) is 0 Å². The maximum absolute atomic E-state index is 11.8. The smallest absolute Gasteiger partial charge is 0.407 e. The SMILES string of the molecule is CC(C)(C)OC(=O)NC1CCCC(NCCCNS(C)(=O)=O)C1. The third-order valence-corrected chi connectivity index (χ3v) is 4.27. The molecule has 0 spiro atoms. The standard InChI is InChI=1S/C15H31N3O4S/c1-15(2,3)22-14(19)18-13-8-5-7-12(11-13)16-9-6-10-17-23(4,20)21/h12-13,16-17H,5-11H2,1-4H3,(H,18,19). The van der Waals surface area contributed by atoms with Gasteiger partial charge in [0.05, 0.1) is 6.26 Å². The minimum Gasteiger partial charge on any atom is -0.444 e. The van der Waals surface area contributed by atoms with Gasteiger partial charge < -0.3 is 15.4 Å². The van der Waals surface area contributed by atoms with Crippen molar-refractivity contribution in [3.8, 4) is 0 Å². The summed E-state index contributed by atoms with van der Waals surface area (Å²) in [6.07, 6.45) is 5.51. The first-order valence-corrected chi connectivity index (χ1v) is 10.1. The molecule has 0 saturated heterocycles. The number of sulfonamides is 1. The molecule has 2 atom stereocenters. The lowest BCUT2D eigenvalue weighted by Gasteiger charge is -2.31. The number of alkyl carbamates (subject to hydrolysis) is 1. The maximum Gasteiger partial charge on any atom is 0.407 e. The lowest BCUT2D eigenvalue weighted by molar-refractivity contribution is 0.0488. The van der Waals surface area contributed by atoms with Crippen molar-refractivity contribution in [1.29, 1.82) is 0 Å². The highest BCUT2D eigenvalue weighted by atomic mass is 32.2. The van der Waals surface area contributed by atoms with Crippen LogP contribution in [0.15, 0.2) is 0 Å². The Balaban J connectivity index is 2.23. The second-order valence-electron chi connectivity index (χ2n) is 7.18. The summed E-state index contributed by atoms with van der Waals surface area (Å²) in [5, 5.41) is 6.37. The minimum atomic E-state index is -3.11. The first-order valence-electron chi connectivity index (χ1n) is 8.23. The summed E-state index contributed by atoms with van der Waals surface area (Å²) < 4.78 is 29.7. The van der Waals surface area contributed by atoms with Gasteiger partial charge in [-0.3, -0.25) is 0 Å². The molecule has 1 fully saturated rings. The molecular weight excluding hydrogens is 318 g/mol. The molecule has 2 unspecified atom stereocenters. The second kappa shape index (κ2) is 8.84. The van der Waals surface area contributed by atoms with Gasteiger partial charge in [0.1, 0.15) is 5.60 Å². The molecule has 0 aromatic rings. The van der Waals surface area contributed by atoms with E-state index in [4.69, 9.17) is 4.74 Å². The van der Waals surface area contributed by atoms with E-state index in [0.29, 0.717) is 12.6 Å². The molecule has 3 N–H and O–H groups in total. The summed E-state index contributed by atoms with van der Waals surface area (Å²) in [5.41, 5.74) is -0.483. The minimum absolute atomic E-state index is 0.130. The van der Waals surface area contributed by atoms with Gasteiger partial charge in [0.25, 0.3) is 0 Å². The fraction of sp³-hybridized carbons (Fsp3) is 0.933. The van der Waals surface area contributed by atoms with E-state index in [9.17, 15) is 13.2 Å². The molecule has 136 valence electrons. The van der Waals surface area contributed by atoms with E-state index >= 15 is 0 Å². The van der Waals surface area contributed by atoms with Crippen molar-refractivity contribution in [3.63, 3.8) is 0 Å². The van der Waals surface area contributed by atoms with E-state index in [1.165, 1.54) is 0 Å². The molecule has 1 saturated carbocycles. The number of rotatable bonds is 7. The van der Waals surface area contributed by atoms with Crippen LogP contribution in [0.25, 0.3) is 0 Å². The molecule has 1 amide bonds. The maximum atomic E-state index is 11.8. The zero-order chi connectivity index (χ0) is 17.5. The number of hydrogen-bond donors (Lipinski definition) is 3. The van der Waals surface area contributed by atoms with E-state index < -0.39 is 15.6 Å². The second-order valence-corrected chi connectivity index (χ2v) is 9.01. The highest BCUT2D eigenvalue weighted by Gasteiger charge is 2.25. The molecule has 0 bridgehead atoms. The van der Waals surface area contributed by atoms with Crippen LogP contribution < -0.4 is 15.4 Å². The Morgan fingerprint density at radius 2 is 1.83 bits per heavy atom. The van der Waals surface area contributed by atoms with Gasteiger partial charge in [-0.2, -0.15) is 0 Å². The monoisotopic (exact) mass is 349 g/mol. The highest BCUT2D eigenvalue weighted by Crippen LogP contribution is 2.19. The molecule has 0 aromatic carbocycles. The zero-order valence-electron chi connectivity index (χ0n) is 14.6. The van der Waals surface area contributed by atoms with Gasteiger partial charge in [0, 0.05) is 18.6 Å². The molecule has 0 heterocycles. The summed E-state index contributed by atoms with van der Waals surface area (Å²) in [4.78, 5) is 11.8. The Bertz CT molecular complexity index is 474. The Morgan fingerprint density at radius 1 is 1.17 bits per heavy atom. The van der Waals surface area contributed by atoms with E-state index in [1.54, 1.807) is 0 Å². The van der Waals surface area contributed by atoms with Crippen molar-refractivity contribution in [1.82, 2.24) is 15.4 Å². The van der Waals surface area contributed by atoms with Crippen LogP contribution in [0.2, 0.25) is 0 Å². The molecule has 23 heavy (non-hydrogen) atoms. The largest absolute Gasteiger partial charge is 0.444 e. The van der Waals surface area contributed by atoms with Crippen LogP contribution in [0.4, 0.5) is 4.79 Å². The number of carbonyl (C=O) groups is 1. The van der Waals surface area contributed by atoms with E-state index in [2.05, 4.69) is 15.4 Å². The highest BCUT2D eigenvalue weighted by molar-refractivity contribution is 7.88. The molecule has 0 aromatic heterocycles. The first kappa shape index (κ1) is 20.2. The van der Waals surface area contributed by atoms with Gasteiger partial charge in [-0.1, -0.05) is 0 Å². The molecule has 1 aliphatic rings. The van der Waals surface area contributed by atoms with Crippen LogP contribution in [-0.4, -0.2) is 51.5 Å². The number of ether oxygens (including phenoxy) is 1. The van der Waals surface area contributed by atoms with E-state index in [1.807, 2.05) is 20.8 Å². The van der Waals surface area contributed by atoms with Gasteiger partial charge in [-0.05, 0) is 59.4 Å². The Labute approximate surface area is 140 Å². The topological polar surface area (TPSA) is 96.5 Å². The Morgan fingerprint density at radius 3 is 2.43 bits per heavy atom. The summed E-state index contributed by atoms with van der Waals surface area (Å²) in [7, 11) is -3.11. The van der Waals surface area contributed by atoms with E-state index in [-0.39, 0.29) is 12.1 Å². The Hall–Kier alpha value is -0.860. The van der Waals surface area contributed by atoms with Crippen molar-refractivity contribution < 1.29 is 17.9 Å². The van der Waals surface area contributed by atoms with Gasteiger partial charge in [-0.25, -0.2) is 17.9 Å². The predicted octanol–water partition coefficient (Wildman–Crippen LogP) is 1.35. The normalized spacial score (nSPS) is 22.6. The van der Waals surface area contributed by atoms with Crippen molar-refractivity contribution in [2.45, 2.75) is 70.6 Å². The summed E-state index contributed by atoms with van der Waals surface area (Å²) in [6, 6.07) is 0.479. The molecule has 1 rings (SSSR count). The quantitative estimate of drug-likeness (QED) is 0.603. The number of nitrogens with one attached hydrogen (secondary N) is 3. The lowest BCUT2D eigenvalue weighted by Crippen LogP contribution is -2.46. The number of amides is 1. The summed E-state index contributed by atoms with van der Waals surface area (Å²) >= 11 is 0. The van der Waals surface area contributed by atoms with Crippen molar-refractivity contribution >= 4 is 16.1 Å². The molecule has 0 aliphatic heterocycles. The van der Waals surface area contributed by atoms with Gasteiger partial charge >= 0.3 is 6.09 Å². The van der Waals surface area contributed by atoms with Gasteiger partial charge in [0.2, 0.25) is 10.0 Å². The van der Waals surface area contributed by atoms with Crippen molar-refractivity contribution in [2.75, 3.05) is 19.3 Å². The predicted molar refractivity (Wildman–Crippen MR) is 90.9 cm³/mol. The molecule has 0 radical (unpaired) electrons. The van der Waals surface area contributed by atoms with Crippen LogP contribution in [0.5, 0.6) is 0 Å². The van der Waals surface area contributed by atoms with Crippen LogP contribution >= 0.6 is 0 Å². The van der Waals surface area contributed by atoms with Crippen LogP contribution in [-0.2, 0) is 14.8 Å². The average Bonchev–Trinajstić information content (AvgIpc) is 2.35. The summed E-state index contributed by atoms with van der Waals surface area (Å²) in [6.45, 7) is 6.75. The summed E-state index contributed by atoms with van der Waals surface area (Å²) in [5.74, 6) is 0. The number of carbonyl (C=O) groups excluding carboxylic acids is 1. The molecule has 8 heteroatoms. The van der Waals surface area contributed by atoms with Crippen LogP contribution in [0, 0.1) is 0 Å². The van der Waals surface area contributed by atoms with Crippen LogP contribution in [0.3, 0.4) is 0 Å². The fourth-order valence-corrected chi connectivity index (χ4v) is 3.15. The first-order chi connectivity index (χ1) is 10.6. The van der Waals surface area contributed by atoms with Crippen LogP contribution in [0.1, 0.15) is 52.9 Å². The van der Waals surface area contributed by atoms with Crippen molar-refractivity contribution in [3.05, 3.63) is 0 Å². The molecule has 1 aliphatic carbocycles. The van der Waals surface area contributed by atoms with E-state index in [0.717, 1.165) is 44.9 Å². The van der Waals surface area contributed by atoms with Gasteiger partial charge in [0.15, 0.2) is 0 Å². The molecular formula is C15H31N3O4S. The third-order valence-electron chi connectivity index (χ3n) is 3.55. The third kappa shape index (κ3) is 10.5. The van der Waals surface area contributed by atoms with Gasteiger partial charge in [-0.15, -0.1) is 0 Å². The molecule has 7 nitrogen and oxygen atoms in total. The average molecular weight is 349 g/mol.